The maximum atomic E-state index is 12.7. The second-order valence-corrected chi connectivity index (χ2v) is 7.48. The second kappa shape index (κ2) is 8.27. The summed E-state index contributed by atoms with van der Waals surface area (Å²) < 4.78 is 6.65. The van der Waals surface area contributed by atoms with Crippen molar-refractivity contribution in [1.82, 2.24) is 24.5 Å². The molecule has 4 aromatic rings. The molecule has 0 unspecified atom stereocenters. The van der Waals surface area contributed by atoms with Crippen molar-refractivity contribution >= 4 is 33.4 Å². The van der Waals surface area contributed by atoms with E-state index >= 15 is 0 Å². The molecule has 0 atom stereocenters. The molecule has 0 aliphatic carbocycles. The number of methoxy groups -OCH3 is 1. The van der Waals surface area contributed by atoms with Gasteiger partial charge < -0.3 is 14.5 Å². The first-order valence-electron chi connectivity index (χ1n) is 10.3. The first kappa shape index (κ1) is 19.4. The number of fused-ring (bicyclic) bond motifs is 2. The molecule has 0 bridgehead atoms. The van der Waals surface area contributed by atoms with Gasteiger partial charge in [-0.25, -0.2) is 19.9 Å². The lowest BCUT2D eigenvalue weighted by Gasteiger charge is -2.37. The van der Waals surface area contributed by atoms with E-state index < -0.39 is 0 Å². The van der Waals surface area contributed by atoms with E-state index in [1.807, 2.05) is 30.3 Å². The van der Waals surface area contributed by atoms with Gasteiger partial charge in [-0.05, 0) is 30.3 Å². The first-order valence-corrected chi connectivity index (χ1v) is 10.3. The molecule has 9 nitrogen and oxygen atoms in total. The van der Waals surface area contributed by atoms with Crippen LogP contribution in [0, 0.1) is 0 Å². The Kier molecular flexibility index (Phi) is 5.17. The maximum absolute atomic E-state index is 12.7. The number of benzene rings is 1. The lowest BCUT2D eigenvalue weighted by Crippen LogP contribution is -2.47. The number of hydrogen-bond acceptors (Lipinski definition) is 8. The fourth-order valence-corrected chi connectivity index (χ4v) is 4.00. The van der Waals surface area contributed by atoms with Crippen molar-refractivity contribution in [3.05, 3.63) is 59.5 Å². The molecule has 4 heterocycles. The zero-order valence-electron chi connectivity index (χ0n) is 17.3. The molecule has 0 amide bonds. The van der Waals surface area contributed by atoms with Gasteiger partial charge in [0.2, 0.25) is 0 Å². The SMILES string of the molecule is COCCn1cnc2cc(N3CCN(c4ncnc5ncccc45)CC3)ccc2c1=O. The van der Waals surface area contributed by atoms with Crippen LogP contribution in [0.15, 0.2) is 54.0 Å². The Hall–Kier alpha value is -3.59. The van der Waals surface area contributed by atoms with Gasteiger partial charge >= 0.3 is 0 Å². The van der Waals surface area contributed by atoms with Crippen LogP contribution in [-0.2, 0) is 11.3 Å². The van der Waals surface area contributed by atoms with Gasteiger partial charge in [-0.15, -0.1) is 0 Å². The first-order chi connectivity index (χ1) is 15.2. The van der Waals surface area contributed by atoms with Crippen LogP contribution in [0.2, 0.25) is 0 Å². The summed E-state index contributed by atoms with van der Waals surface area (Å²) in [6.07, 6.45) is 4.92. The van der Waals surface area contributed by atoms with E-state index in [1.165, 1.54) is 0 Å². The Morgan fingerprint density at radius 1 is 0.968 bits per heavy atom. The number of piperazine rings is 1. The van der Waals surface area contributed by atoms with Crippen molar-refractivity contribution in [2.45, 2.75) is 6.54 Å². The minimum Gasteiger partial charge on any atom is -0.383 e. The zero-order valence-corrected chi connectivity index (χ0v) is 17.3. The number of anilines is 2. The van der Waals surface area contributed by atoms with Crippen LogP contribution >= 0.6 is 0 Å². The highest BCUT2D eigenvalue weighted by atomic mass is 16.5. The van der Waals surface area contributed by atoms with E-state index in [0.717, 1.165) is 43.1 Å². The van der Waals surface area contributed by atoms with Crippen molar-refractivity contribution in [2.24, 2.45) is 0 Å². The highest BCUT2D eigenvalue weighted by Crippen LogP contribution is 2.25. The van der Waals surface area contributed by atoms with Crippen LogP contribution in [0.1, 0.15) is 0 Å². The summed E-state index contributed by atoms with van der Waals surface area (Å²) >= 11 is 0. The van der Waals surface area contributed by atoms with E-state index in [4.69, 9.17) is 4.74 Å². The highest BCUT2D eigenvalue weighted by molar-refractivity contribution is 5.86. The zero-order chi connectivity index (χ0) is 21.2. The van der Waals surface area contributed by atoms with E-state index in [1.54, 1.807) is 30.5 Å². The Labute approximate surface area is 179 Å². The predicted octanol–water partition coefficient (Wildman–Crippen LogP) is 1.71. The van der Waals surface area contributed by atoms with Gasteiger partial charge in [0.1, 0.15) is 12.1 Å². The summed E-state index contributed by atoms with van der Waals surface area (Å²) in [5.41, 5.74) is 2.46. The molecule has 1 aliphatic rings. The molecule has 0 radical (unpaired) electrons. The normalized spacial score (nSPS) is 14.5. The summed E-state index contributed by atoms with van der Waals surface area (Å²) in [5, 5.41) is 1.60. The molecule has 0 saturated carbocycles. The topological polar surface area (TPSA) is 89.3 Å². The minimum atomic E-state index is -0.0392. The summed E-state index contributed by atoms with van der Waals surface area (Å²) in [5.74, 6) is 0.925. The van der Waals surface area contributed by atoms with Crippen LogP contribution in [0.4, 0.5) is 11.5 Å². The van der Waals surface area contributed by atoms with E-state index in [2.05, 4.69) is 29.7 Å². The van der Waals surface area contributed by atoms with Gasteiger partial charge in [0.25, 0.3) is 5.56 Å². The molecule has 0 N–H and O–H groups in total. The van der Waals surface area contributed by atoms with Crippen molar-refractivity contribution in [1.29, 1.82) is 0 Å². The van der Waals surface area contributed by atoms with Crippen LogP contribution in [0.5, 0.6) is 0 Å². The second-order valence-electron chi connectivity index (χ2n) is 7.48. The van der Waals surface area contributed by atoms with Gasteiger partial charge in [0.05, 0.1) is 35.8 Å². The lowest BCUT2D eigenvalue weighted by molar-refractivity contribution is 0.186. The number of pyridine rings is 1. The third kappa shape index (κ3) is 3.68. The predicted molar refractivity (Wildman–Crippen MR) is 120 cm³/mol. The third-order valence-corrected chi connectivity index (χ3v) is 5.68. The van der Waals surface area contributed by atoms with Crippen LogP contribution in [-0.4, -0.2) is 64.4 Å². The Bertz CT molecular complexity index is 1280. The standard InChI is InChI=1S/C22H23N7O2/c1-31-12-11-29-15-26-19-13-16(4-5-17(19)22(29)30)27-7-9-28(10-8-27)21-18-3-2-6-23-20(18)24-14-25-21/h2-6,13-15H,7-12H2,1H3. The van der Waals surface area contributed by atoms with Gasteiger partial charge in [0.15, 0.2) is 5.65 Å². The lowest BCUT2D eigenvalue weighted by atomic mass is 10.2. The van der Waals surface area contributed by atoms with E-state index in [9.17, 15) is 4.79 Å². The Morgan fingerprint density at radius 2 is 1.81 bits per heavy atom. The molecule has 0 spiro atoms. The molecule has 1 saturated heterocycles. The summed E-state index contributed by atoms with van der Waals surface area (Å²) in [7, 11) is 1.62. The fraction of sp³-hybridized carbons (Fsp3) is 0.318. The van der Waals surface area contributed by atoms with E-state index in [-0.39, 0.29) is 5.56 Å². The molecule has 1 fully saturated rings. The molecular formula is C22H23N7O2. The van der Waals surface area contributed by atoms with Gasteiger partial charge in [-0.2, -0.15) is 0 Å². The molecule has 31 heavy (non-hydrogen) atoms. The number of rotatable bonds is 5. The largest absolute Gasteiger partial charge is 0.383 e. The third-order valence-electron chi connectivity index (χ3n) is 5.68. The van der Waals surface area contributed by atoms with Crippen molar-refractivity contribution in [3.63, 3.8) is 0 Å². The number of nitrogens with zero attached hydrogens (tertiary/aromatic N) is 7. The fourth-order valence-electron chi connectivity index (χ4n) is 4.00. The Morgan fingerprint density at radius 3 is 2.65 bits per heavy atom. The van der Waals surface area contributed by atoms with Crippen LogP contribution in [0.3, 0.4) is 0 Å². The molecule has 3 aromatic heterocycles. The van der Waals surface area contributed by atoms with Crippen molar-refractivity contribution in [2.75, 3.05) is 49.7 Å². The molecule has 1 aromatic carbocycles. The molecule has 5 rings (SSSR count). The smallest absolute Gasteiger partial charge is 0.261 e. The van der Waals surface area contributed by atoms with Gasteiger partial charge in [-0.1, -0.05) is 0 Å². The van der Waals surface area contributed by atoms with Gasteiger partial charge in [0, 0.05) is 45.2 Å². The quantitative estimate of drug-likeness (QED) is 0.485. The molecule has 158 valence electrons. The molecule has 9 heteroatoms. The van der Waals surface area contributed by atoms with Crippen LogP contribution in [0.25, 0.3) is 21.9 Å². The minimum absolute atomic E-state index is 0.0392. The van der Waals surface area contributed by atoms with Crippen molar-refractivity contribution < 1.29 is 4.74 Å². The summed E-state index contributed by atoms with van der Waals surface area (Å²) in [6, 6.07) is 9.80. The molecule has 1 aliphatic heterocycles. The maximum Gasteiger partial charge on any atom is 0.261 e. The monoisotopic (exact) mass is 417 g/mol. The number of hydrogen-bond donors (Lipinski definition) is 0. The summed E-state index contributed by atoms with van der Waals surface area (Å²) in [4.78, 5) is 34.8. The number of aromatic nitrogens is 5. The summed E-state index contributed by atoms with van der Waals surface area (Å²) in [6.45, 7) is 4.35. The van der Waals surface area contributed by atoms with E-state index in [0.29, 0.717) is 29.7 Å². The van der Waals surface area contributed by atoms with Crippen LogP contribution < -0.4 is 15.4 Å². The Balaban J connectivity index is 1.35. The van der Waals surface area contributed by atoms with Crippen molar-refractivity contribution in [3.8, 4) is 0 Å². The highest BCUT2D eigenvalue weighted by Gasteiger charge is 2.21. The van der Waals surface area contributed by atoms with Gasteiger partial charge in [-0.3, -0.25) is 9.36 Å². The average molecular weight is 417 g/mol. The number of ether oxygens (including phenoxy) is 1. The molecular weight excluding hydrogens is 394 g/mol. The average Bonchev–Trinajstić information content (AvgIpc) is 2.83.